The van der Waals surface area contributed by atoms with Crippen LogP contribution in [0.25, 0.3) is 5.69 Å². The molecule has 1 amide bonds. The molecule has 0 saturated carbocycles. The van der Waals surface area contributed by atoms with E-state index in [1.165, 1.54) is 30.3 Å². The fraction of sp³-hybridized carbons (Fsp3) is 0.158. The standard InChI is InChI=1S/C19H16F3N3O2/c1-12-23-8-9-25(12)16-7-6-13(10-15(16)20)11-24-18(26)14-4-2-3-5-17(14)27-19(21)22/h2-10,19H,11H2,1H3,(H,24,26). The Hall–Kier alpha value is -3.29. The number of hydrogen-bond donors (Lipinski definition) is 1. The number of nitrogens with one attached hydrogen (secondary N) is 1. The van der Waals surface area contributed by atoms with Gasteiger partial charge in [-0.3, -0.25) is 4.79 Å². The topological polar surface area (TPSA) is 56.2 Å². The molecule has 0 bridgehead atoms. The van der Waals surface area contributed by atoms with E-state index in [2.05, 4.69) is 15.0 Å². The summed E-state index contributed by atoms with van der Waals surface area (Å²) in [6.07, 6.45) is 3.22. The lowest BCUT2D eigenvalue weighted by atomic mass is 10.1. The maximum atomic E-state index is 14.4. The van der Waals surface area contributed by atoms with E-state index < -0.39 is 18.3 Å². The van der Waals surface area contributed by atoms with Gasteiger partial charge in [-0.15, -0.1) is 0 Å². The van der Waals surface area contributed by atoms with Crippen molar-refractivity contribution < 1.29 is 22.7 Å². The summed E-state index contributed by atoms with van der Waals surface area (Å²) in [6, 6.07) is 10.2. The van der Waals surface area contributed by atoms with Crippen molar-refractivity contribution in [2.45, 2.75) is 20.1 Å². The minimum atomic E-state index is -3.03. The molecule has 140 valence electrons. The molecule has 0 atom stereocenters. The predicted octanol–water partition coefficient (Wildman–Crippen LogP) is 3.85. The normalized spacial score (nSPS) is 10.9. The van der Waals surface area contributed by atoms with Gasteiger partial charge >= 0.3 is 6.61 Å². The number of carbonyl (C=O) groups is 1. The molecule has 2 aromatic carbocycles. The number of carbonyl (C=O) groups excluding carboxylic acids is 1. The highest BCUT2D eigenvalue weighted by Crippen LogP contribution is 2.21. The first kappa shape index (κ1) is 18.5. The summed E-state index contributed by atoms with van der Waals surface area (Å²) in [7, 11) is 0. The van der Waals surface area contributed by atoms with E-state index in [4.69, 9.17) is 0 Å². The number of rotatable bonds is 6. The number of nitrogens with zero attached hydrogens (tertiary/aromatic N) is 2. The summed E-state index contributed by atoms with van der Waals surface area (Å²) in [5, 5.41) is 2.57. The third kappa shape index (κ3) is 4.28. The van der Waals surface area contributed by atoms with Gasteiger partial charge in [0.1, 0.15) is 17.4 Å². The van der Waals surface area contributed by atoms with Crippen LogP contribution in [0.2, 0.25) is 0 Å². The Morgan fingerprint density at radius 2 is 2.04 bits per heavy atom. The molecule has 5 nitrogen and oxygen atoms in total. The molecule has 3 rings (SSSR count). The lowest BCUT2D eigenvalue weighted by Crippen LogP contribution is -2.24. The molecule has 1 heterocycles. The van der Waals surface area contributed by atoms with E-state index >= 15 is 0 Å². The molecule has 0 aliphatic rings. The van der Waals surface area contributed by atoms with Gasteiger partial charge < -0.3 is 14.6 Å². The van der Waals surface area contributed by atoms with Crippen LogP contribution < -0.4 is 10.1 Å². The van der Waals surface area contributed by atoms with Crippen molar-refractivity contribution in [3.8, 4) is 11.4 Å². The second kappa shape index (κ2) is 7.94. The molecule has 0 aliphatic carbocycles. The van der Waals surface area contributed by atoms with Crippen molar-refractivity contribution in [1.29, 1.82) is 0 Å². The first-order chi connectivity index (χ1) is 13.0. The predicted molar refractivity (Wildman–Crippen MR) is 92.5 cm³/mol. The van der Waals surface area contributed by atoms with Gasteiger partial charge in [0.2, 0.25) is 0 Å². The van der Waals surface area contributed by atoms with E-state index in [0.717, 1.165) is 0 Å². The van der Waals surface area contributed by atoms with Crippen molar-refractivity contribution in [2.75, 3.05) is 0 Å². The summed E-state index contributed by atoms with van der Waals surface area (Å²) >= 11 is 0. The van der Waals surface area contributed by atoms with Gasteiger partial charge in [-0.05, 0) is 36.8 Å². The highest BCUT2D eigenvalue weighted by atomic mass is 19.3. The molecule has 0 saturated heterocycles. The number of halogens is 3. The van der Waals surface area contributed by atoms with E-state index in [-0.39, 0.29) is 17.9 Å². The largest absolute Gasteiger partial charge is 0.434 e. The molecule has 1 aromatic heterocycles. The van der Waals surface area contributed by atoms with Gasteiger partial charge in [-0.2, -0.15) is 8.78 Å². The number of benzene rings is 2. The Bertz CT molecular complexity index is 957. The van der Waals surface area contributed by atoms with Crippen LogP contribution in [0.3, 0.4) is 0 Å². The lowest BCUT2D eigenvalue weighted by Gasteiger charge is -2.12. The minimum absolute atomic E-state index is 0.0241. The zero-order valence-electron chi connectivity index (χ0n) is 14.3. The van der Waals surface area contributed by atoms with Crippen LogP contribution in [0.1, 0.15) is 21.7 Å². The SMILES string of the molecule is Cc1nccn1-c1ccc(CNC(=O)c2ccccc2OC(F)F)cc1F. The van der Waals surface area contributed by atoms with Crippen molar-refractivity contribution in [3.05, 3.63) is 77.6 Å². The lowest BCUT2D eigenvalue weighted by molar-refractivity contribution is -0.0501. The summed E-state index contributed by atoms with van der Waals surface area (Å²) in [6.45, 7) is -1.25. The number of ether oxygens (including phenoxy) is 1. The highest BCUT2D eigenvalue weighted by Gasteiger charge is 2.15. The molecule has 3 aromatic rings. The second-order valence-corrected chi connectivity index (χ2v) is 5.69. The summed E-state index contributed by atoms with van der Waals surface area (Å²) < 4.78 is 45.2. The molecule has 0 aliphatic heterocycles. The first-order valence-corrected chi connectivity index (χ1v) is 8.06. The Balaban J connectivity index is 1.71. The number of hydrogen-bond acceptors (Lipinski definition) is 3. The monoisotopic (exact) mass is 375 g/mol. The van der Waals surface area contributed by atoms with Gasteiger partial charge in [0.25, 0.3) is 5.91 Å². The summed E-state index contributed by atoms with van der Waals surface area (Å²) in [5.74, 6) is -0.641. The zero-order chi connectivity index (χ0) is 19.4. The fourth-order valence-corrected chi connectivity index (χ4v) is 2.62. The van der Waals surface area contributed by atoms with E-state index in [1.54, 1.807) is 36.0 Å². The molecule has 8 heteroatoms. The van der Waals surface area contributed by atoms with Gasteiger partial charge in [-0.1, -0.05) is 18.2 Å². The second-order valence-electron chi connectivity index (χ2n) is 5.69. The molecule has 0 spiro atoms. The smallest absolute Gasteiger partial charge is 0.387 e. The molecule has 0 unspecified atom stereocenters. The number of imidazole rings is 1. The van der Waals surface area contributed by atoms with Crippen LogP contribution in [0.5, 0.6) is 5.75 Å². The Kier molecular flexibility index (Phi) is 5.44. The third-order valence-corrected chi connectivity index (χ3v) is 3.90. The first-order valence-electron chi connectivity index (χ1n) is 8.06. The third-order valence-electron chi connectivity index (χ3n) is 3.90. The van der Waals surface area contributed by atoms with Gasteiger partial charge in [0, 0.05) is 18.9 Å². The minimum Gasteiger partial charge on any atom is -0.434 e. The number of aromatic nitrogens is 2. The van der Waals surface area contributed by atoms with Crippen molar-refractivity contribution in [2.24, 2.45) is 0 Å². The van der Waals surface area contributed by atoms with Gasteiger partial charge in [0.05, 0.1) is 11.3 Å². The van der Waals surface area contributed by atoms with Crippen LogP contribution in [0.4, 0.5) is 13.2 Å². The quantitative estimate of drug-likeness (QED) is 0.712. The zero-order valence-corrected chi connectivity index (χ0v) is 14.3. The number of aryl methyl sites for hydroxylation is 1. The van der Waals surface area contributed by atoms with Crippen LogP contribution in [-0.4, -0.2) is 22.1 Å². The summed E-state index contributed by atoms with van der Waals surface area (Å²) in [4.78, 5) is 16.3. The number of para-hydroxylation sites is 1. The Labute approximate surface area is 153 Å². The maximum Gasteiger partial charge on any atom is 0.387 e. The molecule has 0 fully saturated rings. The van der Waals surface area contributed by atoms with Crippen LogP contribution in [-0.2, 0) is 6.54 Å². The molecule has 1 N–H and O–H groups in total. The average Bonchev–Trinajstić information content (AvgIpc) is 3.05. The van der Waals surface area contributed by atoms with E-state index in [0.29, 0.717) is 17.1 Å². The number of amides is 1. The maximum absolute atomic E-state index is 14.4. The molecule has 27 heavy (non-hydrogen) atoms. The Morgan fingerprint density at radius 1 is 1.26 bits per heavy atom. The van der Waals surface area contributed by atoms with Gasteiger partial charge in [0.15, 0.2) is 0 Å². The summed E-state index contributed by atoms with van der Waals surface area (Å²) in [5.41, 5.74) is 0.842. The highest BCUT2D eigenvalue weighted by molar-refractivity contribution is 5.96. The molecular formula is C19H16F3N3O2. The van der Waals surface area contributed by atoms with Crippen LogP contribution in [0.15, 0.2) is 54.9 Å². The van der Waals surface area contributed by atoms with Gasteiger partial charge in [-0.25, -0.2) is 9.37 Å². The van der Waals surface area contributed by atoms with E-state index in [1.807, 2.05) is 0 Å². The van der Waals surface area contributed by atoms with Crippen LogP contribution >= 0.6 is 0 Å². The fourth-order valence-electron chi connectivity index (χ4n) is 2.62. The van der Waals surface area contributed by atoms with Crippen molar-refractivity contribution in [1.82, 2.24) is 14.9 Å². The van der Waals surface area contributed by atoms with E-state index in [9.17, 15) is 18.0 Å². The molecule has 0 radical (unpaired) electrons. The van der Waals surface area contributed by atoms with Crippen molar-refractivity contribution in [3.63, 3.8) is 0 Å². The average molecular weight is 375 g/mol. The number of alkyl halides is 2. The Morgan fingerprint density at radius 3 is 2.70 bits per heavy atom. The van der Waals surface area contributed by atoms with Crippen molar-refractivity contribution >= 4 is 5.91 Å². The molecular weight excluding hydrogens is 359 g/mol. The van der Waals surface area contributed by atoms with Crippen LogP contribution in [0, 0.1) is 12.7 Å².